The van der Waals surface area contributed by atoms with Crippen molar-refractivity contribution in [2.24, 2.45) is 0 Å². The number of ether oxygens (including phenoxy) is 1. The first-order valence-corrected chi connectivity index (χ1v) is 9.60. The minimum Gasteiger partial charge on any atom is -0.459 e. The molecule has 0 aliphatic heterocycles. The molecule has 5 heteroatoms. The van der Waals surface area contributed by atoms with E-state index < -0.39 is 10.3 Å². The lowest BCUT2D eigenvalue weighted by atomic mass is 9.88. The topological polar surface area (TPSA) is 55.4 Å². The Balaban J connectivity index is 2.16. The molecule has 1 aromatic rings. The number of carbonyl (C=O) groups is 2. The van der Waals surface area contributed by atoms with Gasteiger partial charge in [0.15, 0.2) is 0 Å². The fourth-order valence-corrected chi connectivity index (χ4v) is 4.17. The maximum atomic E-state index is 12.5. The lowest BCUT2D eigenvalue weighted by molar-refractivity contribution is -0.156. The van der Waals surface area contributed by atoms with Gasteiger partial charge in [-0.3, -0.25) is 9.59 Å². The van der Waals surface area contributed by atoms with Crippen LogP contribution in [0.5, 0.6) is 0 Å². The Hall–Kier alpha value is -1.49. The molecule has 1 aromatic carbocycles. The highest BCUT2D eigenvalue weighted by molar-refractivity contribution is 8.01. The molecule has 0 fully saturated rings. The summed E-state index contributed by atoms with van der Waals surface area (Å²) in [5, 5.41) is 3.01. The third-order valence-corrected chi connectivity index (χ3v) is 5.38. The maximum absolute atomic E-state index is 12.5. The summed E-state index contributed by atoms with van der Waals surface area (Å²) in [6, 6.07) is 6.43. The van der Waals surface area contributed by atoms with E-state index in [2.05, 4.69) is 17.4 Å². The molecular formula is C20H29NO3S. The van der Waals surface area contributed by atoms with Gasteiger partial charge in [-0.05, 0) is 71.1 Å². The highest BCUT2D eigenvalue weighted by atomic mass is 32.2. The number of benzene rings is 1. The minimum absolute atomic E-state index is 0.0186. The molecule has 2 rings (SSSR count). The second kappa shape index (κ2) is 7.40. The van der Waals surface area contributed by atoms with Crippen LogP contribution in [0.15, 0.2) is 23.1 Å². The first kappa shape index (κ1) is 19.8. The second-order valence-corrected chi connectivity index (χ2v) is 9.81. The summed E-state index contributed by atoms with van der Waals surface area (Å²) in [5.74, 6) is -0.181. The molecule has 0 heterocycles. The van der Waals surface area contributed by atoms with Crippen molar-refractivity contribution in [1.29, 1.82) is 0 Å². The third kappa shape index (κ3) is 5.50. The third-order valence-electron chi connectivity index (χ3n) is 4.10. The van der Waals surface area contributed by atoms with Crippen molar-refractivity contribution in [3.63, 3.8) is 0 Å². The fraction of sp³-hybridized carbons (Fsp3) is 0.600. The Bertz CT molecular complexity index is 661. The number of hydrogen-bond acceptors (Lipinski definition) is 4. The molecule has 4 nitrogen and oxygen atoms in total. The number of amides is 1. The predicted molar refractivity (Wildman–Crippen MR) is 102 cm³/mol. The number of thioether (sulfide) groups is 1. The Kier molecular flexibility index (Phi) is 5.87. The van der Waals surface area contributed by atoms with Gasteiger partial charge in [-0.2, -0.15) is 0 Å². The predicted octanol–water partition coefficient (Wildman–Crippen LogP) is 3.89. The average molecular weight is 364 g/mol. The fourth-order valence-electron chi connectivity index (χ4n) is 3.00. The van der Waals surface area contributed by atoms with Crippen LogP contribution in [0, 0.1) is 0 Å². The average Bonchev–Trinajstić information content (AvgIpc) is 2.44. The lowest BCUT2D eigenvalue weighted by Crippen LogP contribution is -2.38. The van der Waals surface area contributed by atoms with E-state index in [4.69, 9.17) is 4.74 Å². The van der Waals surface area contributed by atoms with Crippen molar-refractivity contribution in [3.05, 3.63) is 29.3 Å². The van der Waals surface area contributed by atoms with Crippen molar-refractivity contribution in [3.8, 4) is 0 Å². The zero-order valence-electron chi connectivity index (χ0n) is 16.1. The summed E-state index contributed by atoms with van der Waals surface area (Å²) in [6.07, 6.45) is 2.68. The van der Waals surface area contributed by atoms with Crippen LogP contribution in [-0.2, 0) is 27.2 Å². The van der Waals surface area contributed by atoms with E-state index in [9.17, 15) is 9.59 Å². The molecule has 1 N–H and O–H groups in total. The molecule has 0 saturated carbocycles. The molecule has 1 aliphatic rings. The zero-order valence-corrected chi connectivity index (χ0v) is 16.9. The van der Waals surface area contributed by atoms with Crippen molar-refractivity contribution >= 4 is 23.6 Å². The standard InChI is InChI=1S/C20H29NO3S/c1-13(22)21-15-10-11-16-14(12-15)8-7-9-17(16)25-20(5,6)18(23)24-19(2,3)4/h7-9,15H,10-12H2,1-6H3,(H,21,22). The summed E-state index contributed by atoms with van der Waals surface area (Å²) in [4.78, 5) is 25.0. The maximum Gasteiger partial charge on any atom is 0.322 e. The number of rotatable bonds is 4. The van der Waals surface area contributed by atoms with Crippen LogP contribution >= 0.6 is 11.8 Å². The van der Waals surface area contributed by atoms with E-state index >= 15 is 0 Å². The molecule has 0 aromatic heterocycles. The summed E-state index contributed by atoms with van der Waals surface area (Å²) >= 11 is 1.56. The Labute approximate surface area is 155 Å². The molecule has 138 valence electrons. The Morgan fingerprint density at radius 1 is 1.20 bits per heavy atom. The van der Waals surface area contributed by atoms with Crippen LogP contribution in [0.1, 0.15) is 59.1 Å². The lowest BCUT2D eigenvalue weighted by Gasteiger charge is -2.31. The molecule has 1 atom stereocenters. The summed E-state index contributed by atoms with van der Waals surface area (Å²) in [6.45, 7) is 11.0. The van der Waals surface area contributed by atoms with Crippen molar-refractivity contribution in [1.82, 2.24) is 5.32 Å². The van der Waals surface area contributed by atoms with E-state index in [1.807, 2.05) is 40.7 Å². The molecule has 1 amide bonds. The monoisotopic (exact) mass is 363 g/mol. The summed E-state index contributed by atoms with van der Waals surface area (Å²) in [5.41, 5.74) is 2.07. The first-order chi connectivity index (χ1) is 11.5. The minimum atomic E-state index is -0.656. The summed E-state index contributed by atoms with van der Waals surface area (Å²) in [7, 11) is 0. The Morgan fingerprint density at radius 3 is 2.48 bits per heavy atom. The van der Waals surface area contributed by atoms with E-state index in [1.165, 1.54) is 11.1 Å². The smallest absolute Gasteiger partial charge is 0.322 e. The highest BCUT2D eigenvalue weighted by Crippen LogP contribution is 2.39. The first-order valence-electron chi connectivity index (χ1n) is 8.78. The van der Waals surface area contributed by atoms with Crippen LogP contribution in [0.2, 0.25) is 0 Å². The summed E-state index contributed by atoms with van der Waals surface area (Å²) < 4.78 is 4.92. The Morgan fingerprint density at radius 2 is 1.88 bits per heavy atom. The number of hydrogen-bond donors (Lipinski definition) is 1. The molecule has 0 saturated heterocycles. The molecule has 1 aliphatic carbocycles. The second-order valence-electron chi connectivity index (χ2n) is 8.15. The van der Waals surface area contributed by atoms with Crippen molar-refractivity contribution in [2.75, 3.05) is 0 Å². The number of esters is 1. The molecular weight excluding hydrogens is 334 g/mol. The van der Waals surface area contributed by atoms with Gasteiger partial charge in [0.2, 0.25) is 5.91 Å². The highest BCUT2D eigenvalue weighted by Gasteiger charge is 2.35. The van der Waals surface area contributed by atoms with Crippen LogP contribution in [0.4, 0.5) is 0 Å². The van der Waals surface area contributed by atoms with E-state index in [0.29, 0.717) is 0 Å². The van der Waals surface area contributed by atoms with Gasteiger partial charge in [-0.15, -0.1) is 11.8 Å². The van der Waals surface area contributed by atoms with E-state index in [1.54, 1.807) is 18.7 Å². The van der Waals surface area contributed by atoms with Gasteiger partial charge < -0.3 is 10.1 Å². The number of nitrogens with one attached hydrogen (secondary N) is 1. The molecule has 1 unspecified atom stereocenters. The van der Waals surface area contributed by atoms with Gasteiger partial charge in [0, 0.05) is 17.9 Å². The van der Waals surface area contributed by atoms with Gasteiger partial charge >= 0.3 is 5.97 Å². The van der Waals surface area contributed by atoms with Gasteiger partial charge in [0.1, 0.15) is 10.3 Å². The zero-order chi connectivity index (χ0) is 18.8. The molecule has 0 radical (unpaired) electrons. The SMILES string of the molecule is CC(=O)NC1CCc2c(cccc2SC(C)(C)C(=O)OC(C)(C)C)C1. The molecule has 0 spiro atoms. The van der Waals surface area contributed by atoms with E-state index in [-0.39, 0.29) is 17.9 Å². The van der Waals surface area contributed by atoms with Crippen LogP contribution < -0.4 is 5.32 Å². The van der Waals surface area contributed by atoms with Crippen LogP contribution in [-0.4, -0.2) is 28.3 Å². The van der Waals surface area contributed by atoms with Gasteiger partial charge in [-0.25, -0.2) is 0 Å². The van der Waals surface area contributed by atoms with Gasteiger partial charge in [0.25, 0.3) is 0 Å². The van der Waals surface area contributed by atoms with Crippen molar-refractivity contribution in [2.45, 2.75) is 82.1 Å². The van der Waals surface area contributed by atoms with Crippen molar-refractivity contribution < 1.29 is 14.3 Å². The van der Waals surface area contributed by atoms with Crippen LogP contribution in [0.25, 0.3) is 0 Å². The van der Waals surface area contributed by atoms with Gasteiger partial charge in [0.05, 0.1) is 0 Å². The van der Waals surface area contributed by atoms with E-state index in [0.717, 1.165) is 24.2 Å². The number of fused-ring (bicyclic) bond motifs is 1. The van der Waals surface area contributed by atoms with Crippen LogP contribution in [0.3, 0.4) is 0 Å². The quantitative estimate of drug-likeness (QED) is 0.651. The normalized spacial score (nSPS) is 17.6. The number of carbonyl (C=O) groups excluding carboxylic acids is 2. The molecule has 25 heavy (non-hydrogen) atoms. The molecule has 0 bridgehead atoms. The largest absolute Gasteiger partial charge is 0.459 e. The van der Waals surface area contributed by atoms with Gasteiger partial charge in [-0.1, -0.05) is 12.1 Å².